The van der Waals surface area contributed by atoms with E-state index in [2.05, 4.69) is 15.9 Å². The van der Waals surface area contributed by atoms with Crippen LogP contribution < -0.4 is 4.74 Å². The van der Waals surface area contributed by atoms with Gasteiger partial charge in [0, 0.05) is 5.33 Å². The molecule has 0 saturated heterocycles. The maximum Gasteiger partial charge on any atom is 0.132 e. The van der Waals surface area contributed by atoms with E-state index in [9.17, 15) is 8.78 Å². The van der Waals surface area contributed by atoms with Crippen LogP contribution in [0.1, 0.15) is 11.1 Å². The predicted octanol–water partition coefficient (Wildman–Crippen LogP) is 4.44. The molecule has 94 valence electrons. The minimum atomic E-state index is -0.591. The van der Waals surface area contributed by atoms with Gasteiger partial charge in [-0.1, -0.05) is 34.1 Å². The minimum Gasteiger partial charge on any atom is -0.489 e. The zero-order valence-corrected chi connectivity index (χ0v) is 11.1. The Balaban J connectivity index is 2.06. The van der Waals surface area contributed by atoms with Crippen LogP contribution in [0.25, 0.3) is 0 Å². The van der Waals surface area contributed by atoms with Gasteiger partial charge < -0.3 is 4.74 Å². The Kier molecular flexibility index (Phi) is 4.31. The summed E-state index contributed by atoms with van der Waals surface area (Å²) >= 11 is 3.34. The summed E-state index contributed by atoms with van der Waals surface area (Å²) in [6.45, 7) is -0.119. The lowest BCUT2D eigenvalue weighted by Gasteiger charge is -2.08. The lowest BCUT2D eigenvalue weighted by atomic mass is 10.2. The lowest BCUT2D eigenvalue weighted by molar-refractivity contribution is 0.292. The van der Waals surface area contributed by atoms with Crippen molar-refractivity contribution >= 4 is 15.9 Å². The molecule has 0 saturated carbocycles. The quantitative estimate of drug-likeness (QED) is 0.758. The van der Waals surface area contributed by atoms with Crippen LogP contribution in [0.3, 0.4) is 0 Å². The first-order valence-corrected chi connectivity index (χ1v) is 6.53. The summed E-state index contributed by atoms with van der Waals surface area (Å²) in [5, 5.41) is 0.759. The summed E-state index contributed by atoms with van der Waals surface area (Å²) in [7, 11) is 0. The molecular formula is C14H11BrF2O. The molecule has 0 bridgehead atoms. The lowest BCUT2D eigenvalue weighted by Crippen LogP contribution is -2.01. The van der Waals surface area contributed by atoms with Crippen LogP contribution in [0.2, 0.25) is 0 Å². The van der Waals surface area contributed by atoms with E-state index in [-0.39, 0.29) is 12.2 Å². The predicted molar refractivity (Wildman–Crippen MR) is 69.8 cm³/mol. The van der Waals surface area contributed by atoms with Gasteiger partial charge in [-0.15, -0.1) is 0 Å². The van der Waals surface area contributed by atoms with Gasteiger partial charge in [-0.25, -0.2) is 8.78 Å². The summed E-state index contributed by atoms with van der Waals surface area (Å²) in [6.07, 6.45) is 0. The molecule has 0 amide bonds. The van der Waals surface area contributed by atoms with Crippen molar-refractivity contribution in [2.45, 2.75) is 11.9 Å². The maximum absolute atomic E-state index is 13.3. The van der Waals surface area contributed by atoms with E-state index in [0.717, 1.165) is 10.9 Å². The average Bonchev–Trinajstić information content (AvgIpc) is 2.39. The van der Waals surface area contributed by atoms with E-state index in [1.54, 1.807) is 12.1 Å². The Bertz CT molecular complexity index is 506. The largest absolute Gasteiger partial charge is 0.489 e. The molecule has 0 aliphatic carbocycles. The molecule has 0 radical (unpaired) electrons. The topological polar surface area (TPSA) is 9.23 Å². The molecule has 0 N–H and O–H groups in total. The van der Waals surface area contributed by atoms with Gasteiger partial charge in [0.2, 0.25) is 0 Å². The van der Waals surface area contributed by atoms with Crippen molar-refractivity contribution in [1.82, 2.24) is 0 Å². The van der Waals surface area contributed by atoms with Gasteiger partial charge in [-0.05, 0) is 29.8 Å². The standard InChI is InChI=1S/C14H11BrF2O/c15-8-10-4-6-11(7-5-10)18-9-12-13(16)2-1-3-14(12)17/h1-7H,8-9H2. The first kappa shape index (κ1) is 13.0. The summed E-state index contributed by atoms with van der Waals surface area (Å²) in [5.41, 5.74) is 1.06. The van der Waals surface area contributed by atoms with E-state index in [0.29, 0.717) is 5.75 Å². The van der Waals surface area contributed by atoms with Crippen molar-refractivity contribution in [2.75, 3.05) is 0 Å². The second kappa shape index (κ2) is 5.96. The summed E-state index contributed by atoms with van der Waals surface area (Å²) in [4.78, 5) is 0. The van der Waals surface area contributed by atoms with Crippen LogP contribution in [0.5, 0.6) is 5.75 Å². The molecule has 0 aliphatic heterocycles. The number of alkyl halides is 1. The Morgan fingerprint density at radius 2 is 1.56 bits per heavy atom. The first-order valence-electron chi connectivity index (χ1n) is 5.41. The van der Waals surface area contributed by atoms with E-state index in [1.165, 1.54) is 18.2 Å². The zero-order chi connectivity index (χ0) is 13.0. The minimum absolute atomic E-state index is 0.0536. The average molecular weight is 313 g/mol. The number of benzene rings is 2. The highest BCUT2D eigenvalue weighted by Crippen LogP contribution is 2.18. The molecule has 1 nitrogen and oxygen atoms in total. The number of hydrogen-bond acceptors (Lipinski definition) is 1. The van der Waals surface area contributed by atoms with Crippen LogP contribution in [0.4, 0.5) is 8.78 Å². The van der Waals surface area contributed by atoms with E-state index in [4.69, 9.17) is 4.74 Å². The summed E-state index contributed by atoms with van der Waals surface area (Å²) < 4.78 is 32.0. The highest BCUT2D eigenvalue weighted by Gasteiger charge is 2.08. The number of hydrogen-bond donors (Lipinski definition) is 0. The second-order valence-electron chi connectivity index (χ2n) is 3.77. The molecular weight excluding hydrogens is 302 g/mol. The third-order valence-electron chi connectivity index (χ3n) is 2.52. The van der Waals surface area contributed by atoms with Gasteiger partial charge in [0.05, 0.1) is 5.56 Å². The SMILES string of the molecule is Fc1cccc(F)c1COc1ccc(CBr)cc1. The highest BCUT2D eigenvalue weighted by atomic mass is 79.9. The van der Waals surface area contributed by atoms with Crippen LogP contribution in [0, 0.1) is 11.6 Å². The Morgan fingerprint density at radius 1 is 0.944 bits per heavy atom. The molecule has 0 aliphatic rings. The molecule has 0 spiro atoms. The third-order valence-corrected chi connectivity index (χ3v) is 3.17. The summed E-state index contributed by atoms with van der Waals surface area (Å²) in [5.74, 6) is -0.596. The molecule has 0 fully saturated rings. The van der Waals surface area contributed by atoms with E-state index >= 15 is 0 Å². The molecule has 2 rings (SSSR count). The van der Waals surface area contributed by atoms with Gasteiger partial charge in [0.1, 0.15) is 24.0 Å². The van der Waals surface area contributed by atoms with Crippen LogP contribution in [0.15, 0.2) is 42.5 Å². The molecule has 2 aromatic rings. The highest BCUT2D eigenvalue weighted by molar-refractivity contribution is 9.08. The van der Waals surface area contributed by atoms with Crippen LogP contribution in [-0.4, -0.2) is 0 Å². The van der Waals surface area contributed by atoms with Crippen molar-refractivity contribution in [3.05, 3.63) is 65.2 Å². The van der Waals surface area contributed by atoms with Crippen molar-refractivity contribution in [2.24, 2.45) is 0 Å². The summed E-state index contributed by atoms with van der Waals surface area (Å²) in [6, 6.07) is 11.1. The fraction of sp³-hybridized carbons (Fsp3) is 0.143. The fourth-order valence-electron chi connectivity index (χ4n) is 1.50. The van der Waals surface area contributed by atoms with Gasteiger partial charge >= 0.3 is 0 Å². The van der Waals surface area contributed by atoms with Crippen molar-refractivity contribution < 1.29 is 13.5 Å². The van der Waals surface area contributed by atoms with Gasteiger partial charge in [-0.2, -0.15) is 0 Å². The second-order valence-corrected chi connectivity index (χ2v) is 4.33. The van der Waals surface area contributed by atoms with Gasteiger partial charge in [-0.3, -0.25) is 0 Å². The third kappa shape index (κ3) is 3.07. The van der Waals surface area contributed by atoms with Crippen LogP contribution >= 0.6 is 15.9 Å². The fourth-order valence-corrected chi connectivity index (χ4v) is 1.87. The van der Waals surface area contributed by atoms with Crippen molar-refractivity contribution in [1.29, 1.82) is 0 Å². The molecule has 0 aromatic heterocycles. The van der Waals surface area contributed by atoms with E-state index < -0.39 is 11.6 Å². The normalized spacial score (nSPS) is 10.4. The van der Waals surface area contributed by atoms with Crippen molar-refractivity contribution in [3.63, 3.8) is 0 Å². The van der Waals surface area contributed by atoms with E-state index in [1.807, 2.05) is 12.1 Å². The molecule has 0 heterocycles. The molecule has 0 atom stereocenters. The maximum atomic E-state index is 13.3. The molecule has 18 heavy (non-hydrogen) atoms. The molecule has 0 unspecified atom stereocenters. The number of ether oxygens (including phenoxy) is 1. The smallest absolute Gasteiger partial charge is 0.132 e. The van der Waals surface area contributed by atoms with Gasteiger partial charge in [0.15, 0.2) is 0 Å². The number of halogens is 3. The van der Waals surface area contributed by atoms with Crippen molar-refractivity contribution in [3.8, 4) is 5.75 Å². The monoisotopic (exact) mass is 312 g/mol. The van der Waals surface area contributed by atoms with Crippen LogP contribution in [-0.2, 0) is 11.9 Å². The zero-order valence-electron chi connectivity index (χ0n) is 9.50. The number of rotatable bonds is 4. The molecule has 4 heteroatoms. The Labute approximate surface area is 113 Å². The first-order chi connectivity index (χ1) is 8.70. The Morgan fingerprint density at radius 3 is 2.11 bits per heavy atom. The van der Waals surface area contributed by atoms with Gasteiger partial charge in [0.25, 0.3) is 0 Å². The molecule has 2 aromatic carbocycles. The Hall–Kier alpha value is -1.42.